The maximum Gasteiger partial charge on any atom is 0.257 e. The summed E-state index contributed by atoms with van der Waals surface area (Å²) >= 11 is 5.00. The Morgan fingerprint density at radius 3 is 2.78 bits per heavy atom. The van der Waals surface area contributed by atoms with Crippen LogP contribution in [0.4, 0.5) is 0 Å². The van der Waals surface area contributed by atoms with Crippen LogP contribution in [0.25, 0.3) is 0 Å². The summed E-state index contributed by atoms with van der Waals surface area (Å²) in [5.41, 5.74) is 6.33. The molecule has 0 saturated carbocycles. The first-order valence-corrected chi connectivity index (χ1v) is 6.69. The maximum atomic E-state index is 12.3. The molecule has 98 valence electrons. The SMILES string of the molecule is CCc1occc1C(=O)N1CCC(C(N)=S)CC1. The van der Waals surface area contributed by atoms with E-state index in [9.17, 15) is 4.79 Å². The van der Waals surface area contributed by atoms with Crippen LogP contribution in [0.2, 0.25) is 0 Å². The quantitative estimate of drug-likeness (QED) is 0.850. The predicted molar refractivity (Wildman–Crippen MR) is 73.5 cm³/mol. The molecule has 1 fully saturated rings. The number of carbonyl (C=O) groups excluding carboxylic acids is 1. The van der Waals surface area contributed by atoms with Gasteiger partial charge in [-0.15, -0.1) is 0 Å². The molecule has 0 spiro atoms. The maximum absolute atomic E-state index is 12.3. The first kappa shape index (κ1) is 13.1. The number of nitrogens with two attached hydrogens (primary N) is 1. The smallest absolute Gasteiger partial charge is 0.257 e. The van der Waals surface area contributed by atoms with E-state index in [-0.39, 0.29) is 11.8 Å². The Labute approximate surface area is 112 Å². The van der Waals surface area contributed by atoms with E-state index >= 15 is 0 Å². The summed E-state index contributed by atoms with van der Waals surface area (Å²) in [4.78, 5) is 14.7. The van der Waals surface area contributed by atoms with Crippen LogP contribution in [-0.4, -0.2) is 28.9 Å². The van der Waals surface area contributed by atoms with Gasteiger partial charge in [-0.05, 0) is 18.9 Å². The summed E-state index contributed by atoms with van der Waals surface area (Å²) in [6, 6.07) is 1.75. The Bertz CT molecular complexity index is 448. The number of rotatable bonds is 3. The van der Waals surface area contributed by atoms with Crippen molar-refractivity contribution in [3.8, 4) is 0 Å². The highest BCUT2D eigenvalue weighted by Crippen LogP contribution is 2.21. The van der Waals surface area contributed by atoms with E-state index in [4.69, 9.17) is 22.4 Å². The van der Waals surface area contributed by atoms with Gasteiger partial charge in [0.05, 0.1) is 16.8 Å². The Hall–Kier alpha value is -1.36. The molecule has 1 saturated heterocycles. The van der Waals surface area contributed by atoms with Gasteiger partial charge in [-0.2, -0.15) is 0 Å². The molecule has 1 aromatic heterocycles. The summed E-state index contributed by atoms with van der Waals surface area (Å²) < 4.78 is 5.30. The second-order valence-corrected chi connectivity index (χ2v) is 5.05. The van der Waals surface area contributed by atoms with Crippen molar-refractivity contribution >= 4 is 23.1 Å². The molecule has 1 aliphatic heterocycles. The van der Waals surface area contributed by atoms with E-state index in [0.717, 1.165) is 38.1 Å². The molecule has 0 aliphatic carbocycles. The molecule has 0 unspecified atom stereocenters. The third-order valence-corrected chi connectivity index (χ3v) is 3.81. The Morgan fingerprint density at radius 2 is 2.22 bits per heavy atom. The number of hydrogen-bond donors (Lipinski definition) is 1. The van der Waals surface area contributed by atoms with Gasteiger partial charge in [0, 0.05) is 25.4 Å². The number of furan rings is 1. The van der Waals surface area contributed by atoms with Crippen LogP contribution in [0.3, 0.4) is 0 Å². The zero-order chi connectivity index (χ0) is 13.1. The molecular formula is C13H18N2O2S. The van der Waals surface area contributed by atoms with Crippen molar-refractivity contribution < 1.29 is 9.21 Å². The number of thiocarbonyl (C=S) groups is 1. The van der Waals surface area contributed by atoms with Crippen LogP contribution < -0.4 is 5.73 Å². The van der Waals surface area contributed by atoms with Crippen LogP contribution in [0.5, 0.6) is 0 Å². The minimum absolute atomic E-state index is 0.0574. The summed E-state index contributed by atoms with van der Waals surface area (Å²) in [5.74, 6) is 1.09. The van der Waals surface area contributed by atoms with Gasteiger partial charge >= 0.3 is 0 Å². The molecule has 0 bridgehead atoms. The summed E-state index contributed by atoms with van der Waals surface area (Å²) in [6.07, 6.45) is 4.03. The molecule has 0 aromatic carbocycles. The summed E-state index contributed by atoms with van der Waals surface area (Å²) in [5, 5.41) is 0. The molecule has 1 amide bonds. The molecule has 2 N–H and O–H groups in total. The normalized spacial score (nSPS) is 16.8. The minimum Gasteiger partial charge on any atom is -0.469 e. The number of nitrogens with zero attached hydrogens (tertiary/aromatic N) is 1. The molecule has 4 nitrogen and oxygen atoms in total. The predicted octanol–water partition coefficient (Wildman–Crippen LogP) is 1.98. The number of piperidine rings is 1. The van der Waals surface area contributed by atoms with Gasteiger partial charge < -0.3 is 15.1 Å². The van der Waals surface area contributed by atoms with E-state index < -0.39 is 0 Å². The van der Waals surface area contributed by atoms with Crippen LogP contribution in [-0.2, 0) is 6.42 Å². The first-order chi connectivity index (χ1) is 8.63. The first-order valence-electron chi connectivity index (χ1n) is 6.28. The zero-order valence-corrected chi connectivity index (χ0v) is 11.3. The van der Waals surface area contributed by atoms with Crippen LogP contribution in [0.15, 0.2) is 16.7 Å². The molecule has 18 heavy (non-hydrogen) atoms. The summed E-state index contributed by atoms with van der Waals surface area (Å²) in [6.45, 7) is 3.42. The monoisotopic (exact) mass is 266 g/mol. The largest absolute Gasteiger partial charge is 0.469 e. The van der Waals surface area contributed by atoms with Crippen LogP contribution >= 0.6 is 12.2 Å². The second kappa shape index (κ2) is 5.52. The van der Waals surface area contributed by atoms with E-state index in [0.29, 0.717) is 10.6 Å². The third kappa shape index (κ3) is 2.56. The van der Waals surface area contributed by atoms with Gasteiger partial charge in [0.15, 0.2) is 0 Å². The van der Waals surface area contributed by atoms with Crippen molar-refractivity contribution in [3.05, 3.63) is 23.7 Å². The highest BCUT2D eigenvalue weighted by atomic mass is 32.1. The Kier molecular flexibility index (Phi) is 4.01. The lowest BCUT2D eigenvalue weighted by Crippen LogP contribution is -2.41. The van der Waals surface area contributed by atoms with Crippen molar-refractivity contribution in [1.82, 2.24) is 4.90 Å². The fourth-order valence-corrected chi connectivity index (χ4v) is 2.58. The van der Waals surface area contributed by atoms with Gasteiger partial charge in [0.2, 0.25) is 0 Å². The molecular weight excluding hydrogens is 248 g/mol. The molecule has 2 rings (SSSR count). The average Bonchev–Trinajstić information content (AvgIpc) is 2.86. The highest BCUT2D eigenvalue weighted by Gasteiger charge is 2.26. The highest BCUT2D eigenvalue weighted by molar-refractivity contribution is 7.80. The number of hydrogen-bond acceptors (Lipinski definition) is 3. The van der Waals surface area contributed by atoms with Crippen LogP contribution in [0.1, 0.15) is 35.9 Å². The topological polar surface area (TPSA) is 59.5 Å². The minimum atomic E-state index is 0.0574. The van der Waals surface area contributed by atoms with Gasteiger partial charge in [-0.3, -0.25) is 4.79 Å². The van der Waals surface area contributed by atoms with Crippen molar-refractivity contribution in [2.75, 3.05) is 13.1 Å². The third-order valence-electron chi connectivity index (χ3n) is 3.48. The van der Waals surface area contributed by atoms with E-state index in [1.54, 1.807) is 12.3 Å². The number of carbonyl (C=O) groups is 1. The van der Waals surface area contributed by atoms with Crippen LogP contribution in [0, 0.1) is 5.92 Å². The van der Waals surface area contributed by atoms with Gasteiger partial charge in [-0.1, -0.05) is 19.1 Å². The van der Waals surface area contributed by atoms with E-state index in [1.165, 1.54) is 0 Å². The standard InChI is InChI=1S/C13H18N2O2S/c1-2-11-10(5-8-17-11)13(16)15-6-3-9(4-7-15)12(14)18/h5,8-9H,2-4,6-7H2,1H3,(H2,14,18). The molecule has 1 aliphatic rings. The molecule has 2 heterocycles. The number of aryl methyl sites for hydroxylation is 1. The number of likely N-dealkylation sites (tertiary alicyclic amines) is 1. The second-order valence-electron chi connectivity index (χ2n) is 4.58. The van der Waals surface area contributed by atoms with E-state index in [1.807, 2.05) is 11.8 Å². The zero-order valence-electron chi connectivity index (χ0n) is 10.5. The Balaban J connectivity index is 2.02. The van der Waals surface area contributed by atoms with Crippen molar-refractivity contribution in [3.63, 3.8) is 0 Å². The fourth-order valence-electron chi connectivity index (χ4n) is 2.34. The summed E-state index contributed by atoms with van der Waals surface area (Å²) in [7, 11) is 0. The van der Waals surface area contributed by atoms with E-state index in [2.05, 4.69) is 0 Å². The van der Waals surface area contributed by atoms with Gasteiger partial charge in [0.1, 0.15) is 5.76 Å². The molecule has 1 aromatic rings. The lowest BCUT2D eigenvalue weighted by atomic mass is 9.96. The molecule has 0 radical (unpaired) electrons. The average molecular weight is 266 g/mol. The van der Waals surface area contributed by atoms with Crippen molar-refractivity contribution in [2.45, 2.75) is 26.2 Å². The lowest BCUT2D eigenvalue weighted by Gasteiger charge is -2.31. The van der Waals surface area contributed by atoms with Crippen molar-refractivity contribution in [2.24, 2.45) is 11.7 Å². The van der Waals surface area contributed by atoms with Crippen molar-refractivity contribution in [1.29, 1.82) is 0 Å². The molecule has 0 atom stereocenters. The molecule has 5 heteroatoms. The van der Waals surface area contributed by atoms with Gasteiger partial charge in [0.25, 0.3) is 5.91 Å². The number of amides is 1. The van der Waals surface area contributed by atoms with Gasteiger partial charge in [-0.25, -0.2) is 0 Å². The fraction of sp³-hybridized carbons (Fsp3) is 0.538. The lowest BCUT2D eigenvalue weighted by molar-refractivity contribution is 0.0708. The Morgan fingerprint density at radius 1 is 1.56 bits per heavy atom.